The molecule has 3 aromatic carbocycles. The van der Waals surface area contributed by atoms with Crippen molar-refractivity contribution in [1.29, 1.82) is 0 Å². The summed E-state index contributed by atoms with van der Waals surface area (Å²) in [6, 6.07) is 25.8. The highest BCUT2D eigenvalue weighted by molar-refractivity contribution is 8.00. The highest BCUT2D eigenvalue weighted by Crippen LogP contribution is 2.38. The van der Waals surface area contributed by atoms with Crippen LogP contribution in [-0.4, -0.2) is 26.7 Å². The summed E-state index contributed by atoms with van der Waals surface area (Å²) in [5, 5.41) is 12.1. The van der Waals surface area contributed by atoms with Gasteiger partial charge >= 0.3 is 0 Å². The fourth-order valence-corrected chi connectivity index (χ4v) is 4.52. The topological polar surface area (TPSA) is 59.8 Å². The Hall–Kier alpha value is -3.45. The first-order valence-electron chi connectivity index (χ1n) is 10.5. The molecule has 1 atom stereocenters. The molecule has 1 fully saturated rings. The zero-order chi connectivity index (χ0) is 21.9. The Kier molecular flexibility index (Phi) is 5.73. The highest BCUT2D eigenvalue weighted by atomic mass is 32.2. The van der Waals surface area contributed by atoms with Crippen molar-refractivity contribution in [3.8, 4) is 17.1 Å². The van der Waals surface area contributed by atoms with E-state index in [1.165, 1.54) is 23.9 Å². The summed E-state index contributed by atoms with van der Waals surface area (Å²) in [5.41, 5.74) is 2.51. The van der Waals surface area contributed by atoms with E-state index < -0.39 is 5.25 Å². The van der Waals surface area contributed by atoms with Crippen molar-refractivity contribution in [1.82, 2.24) is 20.1 Å². The molecule has 1 aliphatic carbocycles. The normalized spacial score (nSPS) is 14.2. The van der Waals surface area contributed by atoms with Crippen LogP contribution >= 0.6 is 11.8 Å². The quantitative estimate of drug-likeness (QED) is 0.399. The lowest BCUT2D eigenvalue weighted by atomic mass is 10.1. The second-order valence-corrected chi connectivity index (χ2v) is 8.75. The second-order valence-electron chi connectivity index (χ2n) is 7.68. The van der Waals surface area contributed by atoms with E-state index in [0.29, 0.717) is 11.0 Å². The lowest BCUT2D eigenvalue weighted by Gasteiger charge is -2.17. The average Bonchev–Trinajstić information content (AvgIpc) is 3.55. The van der Waals surface area contributed by atoms with Gasteiger partial charge in [-0.25, -0.2) is 4.39 Å². The van der Waals surface area contributed by atoms with E-state index in [1.807, 2.05) is 65.2 Å². The van der Waals surface area contributed by atoms with E-state index in [2.05, 4.69) is 15.5 Å². The van der Waals surface area contributed by atoms with Gasteiger partial charge in [-0.1, -0.05) is 72.4 Å². The molecule has 1 amide bonds. The summed E-state index contributed by atoms with van der Waals surface area (Å²) >= 11 is 1.34. The summed E-state index contributed by atoms with van der Waals surface area (Å²) < 4.78 is 15.5. The van der Waals surface area contributed by atoms with Gasteiger partial charge in [0.15, 0.2) is 11.0 Å². The van der Waals surface area contributed by atoms with E-state index in [9.17, 15) is 9.18 Å². The van der Waals surface area contributed by atoms with Gasteiger partial charge in [0.25, 0.3) is 0 Å². The lowest BCUT2D eigenvalue weighted by Crippen LogP contribution is -2.29. The second kappa shape index (κ2) is 8.96. The smallest absolute Gasteiger partial charge is 0.238 e. The number of benzene rings is 3. The van der Waals surface area contributed by atoms with Gasteiger partial charge < -0.3 is 5.32 Å². The van der Waals surface area contributed by atoms with E-state index in [-0.39, 0.29) is 17.8 Å². The molecule has 32 heavy (non-hydrogen) atoms. The van der Waals surface area contributed by atoms with Gasteiger partial charge in [0.2, 0.25) is 5.91 Å². The number of carbonyl (C=O) groups excluding carboxylic acids is 1. The number of hydrogen-bond donors (Lipinski definition) is 1. The van der Waals surface area contributed by atoms with Crippen LogP contribution in [0.2, 0.25) is 0 Å². The maximum Gasteiger partial charge on any atom is 0.238 e. The molecule has 1 aliphatic rings. The predicted molar refractivity (Wildman–Crippen MR) is 123 cm³/mol. The molecular weight excluding hydrogens is 423 g/mol. The summed E-state index contributed by atoms with van der Waals surface area (Å²) in [5.74, 6) is 0.274. The van der Waals surface area contributed by atoms with Gasteiger partial charge in [-0.3, -0.25) is 9.36 Å². The third-order valence-electron chi connectivity index (χ3n) is 5.24. The predicted octanol–water partition coefficient (Wildman–Crippen LogP) is 5.19. The zero-order valence-electron chi connectivity index (χ0n) is 17.2. The molecule has 0 saturated heterocycles. The third-order valence-corrected chi connectivity index (χ3v) is 6.43. The number of rotatable bonds is 7. The van der Waals surface area contributed by atoms with Crippen molar-refractivity contribution in [2.75, 3.05) is 0 Å². The van der Waals surface area contributed by atoms with Crippen LogP contribution < -0.4 is 5.32 Å². The molecule has 0 bridgehead atoms. The number of amides is 1. The molecule has 4 aromatic rings. The lowest BCUT2D eigenvalue weighted by molar-refractivity contribution is -0.120. The fraction of sp³-hybridized carbons (Fsp3) is 0.160. The molecule has 0 aliphatic heterocycles. The Labute approximate surface area is 189 Å². The Morgan fingerprint density at radius 2 is 1.59 bits per heavy atom. The van der Waals surface area contributed by atoms with Crippen LogP contribution in [0.4, 0.5) is 4.39 Å². The van der Waals surface area contributed by atoms with Crippen LogP contribution in [0, 0.1) is 5.82 Å². The number of hydrogen-bond acceptors (Lipinski definition) is 4. The van der Waals surface area contributed by atoms with Gasteiger partial charge in [-0.15, -0.1) is 10.2 Å². The number of nitrogens with one attached hydrogen (secondary N) is 1. The number of nitrogens with zero attached hydrogens (tertiary/aromatic N) is 3. The molecule has 160 valence electrons. The van der Waals surface area contributed by atoms with Gasteiger partial charge in [0, 0.05) is 17.3 Å². The van der Waals surface area contributed by atoms with Gasteiger partial charge in [0.1, 0.15) is 11.1 Å². The van der Waals surface area contributed by atoms with Crippen LogP contribution in [0.5, 0.6) is 0 Å². The maximum absolute atomic E-state index is 13.6. The fourth-order valence-electron chi connectivity index (χ4n) is 3.45. The third kappa shape index (κ3) is 4.43. The summed E-state index contributed by atoms with van der Waals surface area (Å²) in [6.45, 7) is 0. The van der Waals surface area contributed by atoms with Gasteiger partial charge in [-0.2, -0.15) is 0 Å². The largest absolute Gasteiger partial charge is 0.352 e. The van der Waals surface area contributed by atoms with Crippen LogP contribution in [0.25, 0.3) is 17.1 Å². The molecule has 1 N–H and O–H groups in total. The van der Waals surface area contributed by atoms with Crippen LogP contribution in [0.15, 0.2) is 90.1 Å². The standard InChI is InChI=1S/C25H21FN4OS/c26-19-11-15-21(16-12-19)30-23(18-9-5-2-6-10-18)28-29-25(30)32-22(17-7-3-1-4-8-17)24(31)27-20-13-14-20/h1-12,15-16,20,22H,13-14H2,(H,27,31)/t22-/m0/s1. The minimum atomic E-state index is -0.483. The van der Waals surface area contributed by atoms with E-state index in [4.69, 9.17) is 0 Å². The van der Waals surface area contributed by atoms with Crippen molar-refractivity contribution < 1.29 is 9.18 Å². The summed E-state index contributed by atoms with van der Waals surface area (Å²) in [7, 11) is 0. The molecule has 0 spiro atoms. The highest BCUT2D eigenvalue weighted by Gasteiger charge is 2.31. The van der Waals surface area contributed by atoms with Gasteiger partial charge in [-0.05, 0) is 42.7 Å². The number of carbonyl (C=O) groups is 1. The molecule has 1 heterocycles. The molecule has 1 saturated carbocycles. The minimum Gasteiger partial charge on any atom is -0.352 e. The van der Waals surface area contributed by atoms with E-state index in [1.54, 1.807) is 12.1 Å². The molecular formula is C25H21FN4OS. The van der Waals surface area contributed by atoms with Crippen molar-refractivity contribution in [2.45, 2.75) is 29.3 Å². The molecule has 5 nitrogen and oxygen atoms in total. The number of aromatic nitrogens is 3. The number of halogens is 1. The maximum atomic E-state index is 13.6. The monoisotopic (exact) mass is 444 g/mol. The Bertz CT molecular complexity index is 1210. The summed E-state index contributed by atoms with van der Waals surface area (Å²) in [6.07, 6.45) is 2.03. The van der Waals surface area contributed by atoms with Crippen molar-refractivity contribution >= 4 is 17.7 Å². The molecule has 7 heteroatoms. The summed E-state index contributed by atoms with van der Waals surface area (Å²) in [4.78, 5) is 13.1. The van der Waals surface area contributed by atoms with Crippen molar-refractivity contribution in [2.24, 2.45) is 0 Å². The number of thioether (sulfide) groups is 1. The first kappa shape index (κ1) is 20.5. The molecule has 1 aromatic heterocycles. The molecule has 0 radical (unpaired) electrons. The SMILES string of the molecule is O=C(NC1CC1)[C@@H](Sc1nnc(-c2ccccc2)n1-c1ccc(F)cc1)c1ccccc1. The Morgan fingerprint density at radius 1 is 0.938 bits per heavy atom. The minimum absolute atomic E-state index is 0.0429. The molecule has 0 unspecified atom stereocenters. The Morgan fingerprint density at radius 3 is 2.25 bits per heavy atom. The van der Waals surface area contributed by atoms with E-state index in [0.717, 1.165) is 29.7 Å². The van der Waals surface area contributed by atoms with Gasteiger partial charge in [0.05, 0.1) is 0 Å². The Balaban J connectivity index is 1.57. The first-order chi connectivity index (χ1) is 15.7. The van der Waals surface area contributed by atoms with Crippen molar-refractivity contribution in [3.05, 3.63) is 96.3 Å². The van der Waals surface area contributed by atoms with E-state index >= 15 is 0 Å². The van der Waals surface area contributed by atoms with Crippen LogP contribution in [0.1, 0.15) is 23.7 Å². The van der Waals surface area contributed by atoms with Crippen molar-refractivity contribution in [3.63, 3.8) is 0 Å². The first-order valence-corrected chi connectivity index (χ1v) is 11.4. The average molecular weight is 445 g/mol. The zero-order valence-corrected chi connectivity index (χ0v) is 18.0. The van der Waals surface area contributed by atoms with Crippen LogP contribution in [0.3, 0.4) is 0 Å². The van der Waals surface area contributed by atoms with Crippen LogP contribution in [-0.2, 0) is 4.79 Å². The molecule has 5 rings (SSSR count).